The summed E-state index contributed by atoms with van der Waals surface area (Å²) < 4.78 is 42.3. The summed E-state index contributed by atoms with van der Waals surface area (Å²) >= 11 is 0. The van der Waals surface area contributed by atoms with Gasteiger partial charge in [-0.1, -0.05) is 17.3 Å². The zero-order valence-corrected chi connectivity index (χ0v) is 10.5. The van der Waals surface area contributed by atoms with Gasteiger partial charge in [-0.15, -0.1) is 0 Å². The number of nitrogens with one attached hydrogen (secondary N) is 2. The van der Waals surface area contributed by atoms with Crippen LogP contribution >= 0.6 is 0 Å². The van der Waals surface area contributed by atoms with Crippen LogP contribution in [-0.2, 0) is 6.18 Å². The quantitative estimate of drug-likeness (QED) is 0.847. The lowest BCUT2D eigenvalue weighted by Gasteiger charge is -2.05. The Kier molecular flexibility index (Phi) is 3.97. The first kappa shape index (κ1) is 14.6. The summed E-state index contributed by atoms with van der Waals surface area (Å²) in [4.78, 5) is 3.98. The smallest absolute Gasteiger partial charge is 0.334 e. The molecule has 0 spiro atoms. The van der Waals surface area contributed by atoms with Gasteiger partial charge in [0.2, 0.25) is 5.82 Å². The number of hydrogen-bond acceptors (Lipinski definition) is 5. The van der Waals surface area contributed by atoms with Crippen molar-refractivity contribution in [2.24, 2.45) is 0 Å². The van der Waals surface area contributed by atoms with E-state index in [-0.39, 0.29) is 17.3 Å². The molecule has 2 aromatic rings. The largest absolute Gasteiger partial charge is 0.416 e. The van der Waals surface area contributed by atoms with E-state index in [4.69, 9.17) is 15.3 Å². The Morgan fingerprint density at radius 1 is 1.14 bits per heavy atom. The summed E-state index contributed by atoms with van der Waals surface area (Å²) in [5.41, 5.74) is -0.174. The average molecular weight is 294 g/mol. The van der Waals surface area contributed by atoms with Crippen LogP contribution in [0.3, 0.4) is 0 Å². The van der Waals surface area contributed by atoms with Crippen molar-refractivity contribution in [1.29, 1.82) is 10.8 Å². The highest BCUT2D eigenvalue weighted by Gasteiger charge is 2.30. The second-order valence-electron chi connectivity index (χ2n) is 3.93. The Balaban J connectivity index is 2.32. The van der Waals surface area contributed by atoms with Crippen LogP contribution in [0.15, 0.2) is 34.9 Å². The van der Waals surface area contributed by atoms with E-state index in [1.54, 1.807) is 0 Å². The van der Waals surface area contributed by atoms with Gasteiger partial charge in [-0.2, -0.15) is 18.2 Å². The molecule has 1 aromatic heterocycles. The van der Waals surface area contributed by atoms with Gasteiger partial charge in [0.1, 0.15) is 0 Å². The fraction of sp³-hybridized carbons (Fsp3) is 0.0769. The second-order valence-corrected chi connectivity index (χ2v) is 3.93. The standard InChI is InChI=1S/C13H9F3N4O/c14-13(15,16)10-3-1-8(2-4-10)11-19-12(21-20-11)9(7-18)5-6-17/h1-7,17-18H/b9-5+,17-6?,18-7?. The van der Waals surface area contributed by atoms with Gasteiger partial charge in [-0.25, -0.2) is 0 Å². The lowest BCUT2D eigenvalue weighted by molar-refractivity contribution is -0.137. The monoisotopic (exact) mass is 294 g/mol. The van der Waals surface area contributed by atoms with E-state index in [9.17, 15) is 13.2 Å². The molecule has 1 aromatic carbocycles. The van der Waals surface area contributed by atoms with Crippen molar-refractivity contribution in [3.05, 3.63) is 41.8 Å². The van der Waals surface area contributed by atoms with Gasteiger partial charge >= 0.3 is 6.18 Å². The van der Waals surface area contributed by atoms with Crippen LogP contribution in [0.5, 0.6) is 0 Å². The van der Waals surface area contributed by atoms with Crippen molar-refractivity contribution in [3.8, 4) is 11.4 Å². The summed E-state index contributed by atoms with van der Waals surface area (Å²) in [5, 5.41) is 17.7. The lowest BCUT2D eigenvalue weighted by Crippen LogP contribution is -2.04. The maximum atomic E-state index is 12.5. The number of allylic oxidation sites excluding steroid dienone is 2. The van der Waals surface area contributed by atoms with E-state index >= 15 is 0 Å². The molecular formula is C13H9F3N4O. The fourth-order valence-corrected chi connectivity index (χ4v) is 1.54. The highest BCUT2D eigenvalue weighted by atomic mass is 19.4. The number of rotatable bonds is 4. The molecule has 0 aliphatic carbocycles. The van der Waals surface area contributed by atoms with Crippen molar-refractivity contribution in [2.45, 2.75) is 6.18 Å². The Hall–Kier alpha value is -2.77. The van der Waals surface area contributed by atoms with Gasteiger partial charge in [-0.3, -0.25) is 0 Å². The molecule has 0 atom stereocenters. The molecule has 8 heteroatoms. The van der Waals surface area contributed by atoms with Crippen LogP contribution in [0.25, 0.3) is 17.0 Å². The first-order valence-electron chi connectivity index (χ1n) is 5.68. The maximum absolute atomic E-state index is 12.5. The first-order chi connectivity index (χ1) is 9.95. The summed E-state index contributed by atoms with van der Waals surface area (Å²) in [6.45, 7) is 0. The van der Waals surface area contributed by atoms with Crippen molar-refractivity contribution in [1.82, 2.24) is 10.1 Å². The van der Waals surface area contributed by atoms with Gasteiger partial charge in [0, 0.05) is 18.0 Å². The minimum absolute atomic E-state index is 0.0170. The zero-order valence-electron chi connectivity index (χ0n) is 10.5. The van der Waals surface area contributed by atoms with E-state index in [0.29, 0.717) is 5.56 Å². The Morgan fingerprint density at radius 2 is 1.81 bits per heavy atom. The average Bonchev–Trinajstić information content (AvgIpc) is 2.93. The molecule has 0 saturated carbocycles. The van der Waals surface area contributed by atoms with Crippen LogP contribution in [0.4, 0.5) is 13.2 Å². The first-order valence-corrected chi connectivity index (χ1v) is 5.68. The number of halogens is 3. The molecule has 0 aliphatic heterocycles. The number of nitrogens with zero attached hydrogens (tertiary/aromatic N) is 2. The molecule has 0 fully saturated rings. The summed E-state index contributed by atoms with van der Waals surface area (Å²) in [7, 11) is 0. The van der Waals surface area contributed by atoms with Crippen LogP contribution in [0, 0.1) is 10.8 Å². The lowest BCUT2D eigenvalue weighted by atomic mass is 10.1. The molecular weight excluding hydrogens is 285 g/mol. The number of aromatic nitrogens is 2. The highest BCUT2D eigenvalue weighted by molar-refractivity contribution is 6.10. The van der Waals surface area contributed by atoms with Gasteiger partial charge in [-0.05, 0) is 18.2 Å². The minimum atomic E-state index is -4.40. The summed E-state index contributed by atoms with van der Waals surface area (Å²) in [5.74, 6) is 0.125. The predicted molar refractivity (Wildman–Crippen MR) is 70.3 cm³/mol. The third-order valence-corrected chi connectivity index (χ3v) is 2.56. The fourth-order valence-electron chi connectivity index (χ4n) is 1.54. The third kappa shape index (κ3) is 3.22. The topological polar surface area (TPSA) is 86.6 Å². The number of hydrogen-bond donors (Lipinski definition) is 2. The molecule has 2 rings (SSSR count). The van der Waals surface area contributed by atoms with Crippen LogP contribution in [-0.4, -0.2) is 22.6 Å². The highest BCUT2D eigenvalue weighted by Crippen LogP contribution is 2.30. The van der Waals surface area contributed by atoms with E-state index < -0.39 is 11.7 Å². The molecule has 0 amide bonds. The van der Waals surface area contributed by atoms with Gasteiger partial charge in [0.25, 0.3) is 5.89 Å². The number of alkyl halides is 3. The summed E-state index contributed by atoms with van der Waals surface area (Å²) in [6, 6.07) is 4.33. The molecule has 108 valence electrons. The van der Waals surface area contributed by atoms with E-state index in [0.717, 1.165) is 24.6 Å². The SMILES string of the molecule is N=C/C=C(\C=N)c1nc(-c2ccc(C(F)(F)F)cc2)no1. The predicted octanol–water partition coefficient (Wildman–Crippen LogP) is 3.44. The van der Waals surface area contributed by atoms with E-state index in [1.807, 2.05) is 0 Å². The van der Waals surface area contributed by atoms with Crippen molar-refractivity contribution < 1.29 is 17.7 Å². The molecule has 0 saturated heterocycles. The van der Waals surface area contributed by atoms with Crippen molar-refractivity contribution in [2.75, 3.05) is 0 Å². The molecule has 0 radical (unpaired) electrons. The maximum Gasteiger partial charge on any atom is 0.416 e. The minimum Gasteiger partial charge on any atom is -0.334 e. The van der Waals surface area contributed by atoms with E-state index in [2.05, 4.69) is 10.1 Å². The molecule has 21 heavy (non-hydrogen) atoms. The molecule has 2 N–H and O–H groups in total. The van der Waals surface area contributed by atoms with Crippen LogP contribution in [0.1, 0.15) is 11.5 Å². The molecule has 0 bridgehead atoms. The van der Waals surface area contributed by atoms with Gasteiger partial charge in [0.05, 0.1) is 11.1 Å². The molecule has 1 heterocycles. The second kappa shape index (κ2) is 5.70. The van der Waals surface area contributed by atoms with Gasteiger partial charge < -0.3 is 15.3 Å². The zero-order chi connectivity index (χ0) is 15.5. The molecule has 0 aliphatic rings. The Morgan fingerprint density at radius 3 is 2.33 bits per heavy atom. The van der Waals surface area contributed by atoms with Gasteiger partial charge in [0.15, 0.2) is 0 Å². The number of benzene rings is 1. The van der Waals surface area contributed by atoms with Crippen molar-refractivity contribution in [3.63, 3.8) is 0 Å². The molecule has 0 unspecified atom stereocenters. The third-order valence-electron chi connectivity index (χ3n) is 2.56. The summed E-state index contributed by atoms with van der Waals surface area (Å²) in [6.07, 6.45) is -1.21. The van der Waals surface area contributed by atoms with E-state index in [1.165, 1.54) is 18.2 Å². The molecule has 5 nitrogen and oxygen atoms in total. The van der Waals surface area contributed by atoms with Crippen LogP contribution in [0.2, 0.25) is 0 Å². The van der Waals surface area contributed by atoms with Crippen LogP contribution < -0.4 is 0 Å². The normalized spacial score (nSPS) is 12.2. The van der Waals surface area contributed by atoms with Crippen molar-refractivity contribution >= 4 is 18.0 Å². The Bertz CT molecular complexity index is 686. The Labute approximate surface area is 117 Å².